The van der Waals surface area contributed by atoms with Crippen molar-refractivity contribution in [3.63, 3.8) is 0 Å². The van der Waals surface area contributed by atoms with E-state index in [0.717, 1.165) is 25.0 Å². The Kier molecular flexibility index (Phi) is 6.19. The first-order valence-corrected chi connectivity index (χ1v) is 7.96. The fourth-order valence-corrected chi connectivity index (χ4v) is 3.07. The predicted molar refractivity (Wildman–Crippen MR) is 75.7 cm³/mol. The van der Waals surface area contributed by atoms with Crippen LogP contribution in [0.25, 0.3) is 0 Å². The van der Waals surface area contributed by atoms with Gasteiger partial charge in [0.1, 0.15) is 0 Å². The van der Waals surface area contributed by atoms with Crippen LogP contribution >= 0.6 is 0 Å². The molecule has 0 aliphatic heterocycles. The Morgan fingerprint density at radius 1 is 1.48 bits per heavy atom. The number of sulfonamides is 1. The minimum atomic E-state index is -3.98. The maximum atomic E-state index is 13.2. The van der Waals surface area contributed by atoms with Gasteiger partial charge in [0.2, 0.25) is 15.8 Å². The zero-order valence-corrected chi connectivity index (χ0v) is 12.4. The van der Waals surface area contributed by atoms with Crippen LogP contribution in [0, 0.1) is 15.9 Å². The Bertz CT molecular complexity index is 607. The second-order valence-electron chi connectivity index (χ2n) is 4.57. The van der Waals surface area contributed by atoms with Gasteiger partial charge in [-0.3, -0.25) is 10.1 Å². The molecule has 7 nitrogen and oxygen atoms in total. The highest BCUT2D eigenvalue weighted by Gasteiger charge is 2.23. The number of nitrogens with two attached hydrogens (primary N) is 1. The summed E-state index contributed by atoms with van der Waals surface area (Å²) in [5.41, 5.74) is 4.63. The number of unbranched alkanes of at least 4 members (excludes halogenated alkanes) is 1. The molecule has 0 aliphatic carbocycles. The van der Waals surface area contributed by atoms with E-state index in [4.69, 9.17) is 5.73 Å². The van der Waals surface area contributed by atoms with E-state index in [9.17, 15) is 22.9 Å². The van der Waals surface area contributed by atoms with Crippen LogP contribution in [0.3, 0.4) is 0 Å². The largest absolute Gasteiger partial charge is 0.329 e. The second-order valence-corrected chi connectivity index (χ2v) is 6.28. The molecule has 0 fully saturated rings. The zero-order valence-electron chi connectivity index (χ0n) is 11.6. The molecule has 1 rings (SSSR count). The minimum Gasteiger partial charge on any atom is -0.329 e. The highest BCUT2D eigenvalue weighted by Crippen LogP contribution is 2.21. The third kappa shape index (κ3) is 4.73. The molecule has 0 bridgehead atoms. The molecule has 0 heterocycles. The van der Waals surface area contributed by atoms with E-state index in [-0.39, 0.29) is 11.4 Å². The summed E-state index contributed by atoms with van der Waals surface area (Å²) in [4.78, 5) is 9.33. The molecule has 0 amide bonds. The quantitative estimate of drug-likeness (QED) is 0.557. The number of hydrogen-bond donors (Lipinski definition) is 2. The topological polar surface area (TPSA) is 115 Å². The van der Waals surface area contributed by atoms with Crippen molar-refractivity contribution in [3.8, 4) is 0 Å². The van der Waals surface area contributed by atoms with Crippen molar-refractivity contribution in [3.05, 3.63) is 34.1 Å². The van der Waals surface area contributed by atoms with Gasteiger partial charge in [-0.15, -0.1) is 0 Å². The number of halogens is 1. The van der Waals surface area contributed by atoms with Gasteiger partial charge in [-0.2, -0.15) is 4.39 Å². The molecule has 1 unspecified atom stereocenters. The number of nitrogens with zero attached hydrogens (tertiary/aromatic N) is 1. The zero-order chi connectivity index (χ0) is 16.0. The van der Waals surface area contributed by atoms with Gasteiger partial charge in [-0.25, -0.2) is 13.1 Å². The molecule has 1 aromatic carbocycles. The molecule has 0 radical (unpaired) electrons. The first-order valence-electron chi connectivity index (χ1n) is 6.48. The molecule has 3 N–H and O–H groups in total. The van der Waals surface area contributed by atoms with Gasteiger partial charge in [0.15, 0.2) is 0 Å². The lowest BCUT2D eigenvalue weighted by molar-refractivity contribution is -0.387. The standard InChI is InChI=1S/C12H18FN3O4S/c1-2-3-4-9(8-14)15-21(19,20)10-5-6-11(13)12(7-10)16(17)18/h5-7,9,15H,2-4,8,14H2,1H3. The molecule has 1 atom stereocenters. The van der Waals surface area contributed by atoms with Crippen molar-refractivity contribution in [2.45, 2.75) is 37.1 Å². The van der Waals surface area contributed by atoms with Gasteiger partial charge < -0.3 is 5.73 Å². The summed E-state index contributed by atoms with van der Waals surface area (Å²) >= 11 is 0. The summed E-state index contributed by atoms with van der Waals surface area (Å²) in [5.74, 6) is -1.08. The summed E-state index contributed by atoms with van der Waals surface area (Å²) in [6.45, 7) is 2.08. The van der Waals surface area contributed by atoms with E-state index in [2.05, 4.69) is 4.72 Å². The van der Waals surface area contributed by atoms with Crippen LogP contribution in [0.4, 0.5) is 10.1 Å². The Hall–Kier alpha value is -1.58. The van der Waals surface area contributed by atoms with Crippen molar-refractivity contribution in [1.82, 2.24) is 4.72 Å². The fraction of sp³-hybridized carbons (Fsp3) is 0.500. The Morgan fingerprint density at radius 2 is 2.14 bits per heavy atom. The third-order valence-corrected chi connectivity index (χ3v) is 4.46. The summed E-state index contributed by atoms with van der Waals surface area (Å²) in [6.07, 6.45) is 2.25. The van der Waals surface area contributed by atoms with Gasteiger partial charge in [0, 0.05) is 18.7 Å². The van der Waals surface area contributed by atoms with E-state index in [0.29, 0.717) is 12.5 Å². The monoisotopic (exact) mass is 319 g/mol. The predicted octanol–water partition coefficient (Wildman–Crippen LogP) is 1.53. The number of nitrogens with one attached hydrogen (secondary N) is 1. The van der Waals surface area contributed by atoms with Crippen LogP contribution in [-0.4, -0.2) is 25.9 Å². The average molecular weight is 319 g/mol. The smallest absolute Gasteiger partial charge is 0.306 e. The minimum absolute atomic E-state index is 0.114. The fourth-order valence-electron chi connectivity index (χ4n) is 1.76. The Balaban J connectivity index is 3.02. The first-order chi connectivity index (χ1) is 9.81. The van der Waals surface area contributed by atoms with Crippen LogP contribution in [-0.2, 0) is 10.0 Å². The van der Waals surface area contributed by atoms with Crippen molar-refractivity contribution < 1.29 is 17.7 Å². The molecule has 0 spiro atoms. The molecule has 9 heteroatoms. The van der Waals surface area contributed by atoms with Gasteiger partial charge in [0.25, 0.3) is 0 Å². The Morgan fingerprint density at radius 3 is 2.67 bits per heavy atom. The SMILES string of the molecule is CCCCC(CN)NS(=O)(=O)c1ccc(F)c([N+](=O)[O-])c1. The van der Waals surface area contributed by atoms with Crippen molar-refractivity contribution in [2.75, 3.05) is 6.54 Å². The van der Waals surface area contributed by atoms with Gasteiger partial charge in [-0.1, -0.05) is 19.8 Å². The number of nitro groups is 1. The second kappa shape index (κ2) is 7.43. The lowest BCUT2D eigenvalue weighted by atomic mass is 10.1. The molecule has 0 saturated carbocycles. The highest BCUT2D eigenvalue weighted by atomic mass is 32.2. The average Bonchev–Trinajstić information content (AvgIpc) is 2.43. The van der Waals surface area contributed by atoms with Crippen molar-refractivity contribution >= 4 is 15.7 Å². The lowest BCUT2D eigenvalue weighted by Gasteiger charge is -2.16. The van der Waals surface area contributed by atoms with Gasteiger partial charge in [-0.05, 0) is 18.6 Å². The number of nitro benzene ring substituents is 1. The third-order valence-electron chi connectivity index (χ3n) is 2.94. The van der Waals surface area contributed by atoms with E-state index < -0.39 is 32.5 Å². The van der Waals surface area contributed by atoms with Gasteiger partial charge >= 0.3 is 5.69 Å². The normalized spacial score (nSPS) is 13.1. The van der Waals surface area contributed by atoms with Crippen LogP contribution in [0.5, 0.6) is 0 Å². The first kappa shape index (κ1) is 17.5. The van der Waals surface area contributed by atoms with E-state index >= 15 is 0 Å². The van der Waals surface area contributed by atoms with Crippen LogP contribution in [0.1, 0.15) is 26.2 Å². The van der Waals surface area contributed by atoms with Crippen LogP contribution in [0.15, 0.2) is 23.1 Å². The molecule has 1 aromatic rings. The van der Waals surface area contributed by atoms with Crippen LogP contribution in [0.2, 0.25) is 0 Å². The molecule has 0 saturated heterocycles. The van der Waals surface area contributed by atoms with Gasteiger partial charge in [0.05, 0.1) is 9.82 Å². The lowest BCUT2D eigenvalue weighted by Crippen LogP contribution is -2.40. The maximum absolute atomic E-state index is 13.2. The highest BCUT2D eigenvalue weighted by molar-refractivity contribution is 7.89. The summed E-state index contributed by atoms with van der Waals surface area (Å²) in [7, 11) is -3.98. The summed E-state index contributed by atoms with van der Waals surface area (Å²) in [5, 5.41) is 10.7. The molecule has 0 aliphatic rings. The van der Waals surface area contributed by atoms with E-state index in [1.807, 2.05) is 6.92 Å². The summed E-state index contributed by atoms with van der Waals surface area (Å²) < 4.78 is 39.9. The van der Waals surface area contributed by atoms with E-state index in [1.54, 1.807) is 0 Å². The summed E-state index contributed by atoms with van der Waals surface area (Å²) in [6, 6.07) is 1.98. The van der Waals surface area contributed by atoms with Crippen molar-refractivity contribution in [1.29, 1.82) is 0 Å². The number of rotatable bonds is 8. The molecular weight excluding hydrogens is 301 g/mol. The Labute approximate surface area is 122 Å². The molecule has 118 valence electrons. The van der Waals surface area contributed by atoms with Crippen LogP contribution < -0.4 is 10.5 Å². The molecular formula is C12H18FN3O4S. The number of benzene rings is 1. The number of hydrogen-bond acceptors (Lipinski definition) is 5. The molecule has 0 aromatic heterocycles. The molecule has 21 heavy (non-hydrogen) atoms. The maximum Gasteiger partial charge on any atom is 0.306 e. The van der Waals surface area contributed by atoms with E-state index in [1.165, 1.54) is 0 Å². The van der Waals surface area contributed by atoms with Crippen molar-refractivity contribution in [2.24, 2.45) is 5.73 Å².